The third-order valence-electron chi connectivity index (χ3n) is 2.35. The smallest absolute Gasteiger partial charge is 0.249 e. The van der Waals surface area contributed by atoms with Crippen molar-refractivity contribution in [3.8, 4) is 17.5 Å². The second kappa shape index (κ2) is 5.10. The first-order valence-electron chi connectivity index (χ1n) is 5.20. The predicted octanol–water partition coefficient (Wildman–Crippen LogP) is 2.82. The minimum absolute atomic E-state index is 0.253. The number of halogens is 1. The van der Waals surface area contributed by atoms with Crippen LogP contribution in [-0.2, 0) is 0 Å². The van der Waals surface area contributed by atoms with Crippen LogP contribution in [0.15, 0.2) is 24.5 Å². The van der Waals surface area contributed by atoms with Gasteiger partial charge in [-0.1, -0.05) is 11.6 Å². The van der Waals surface area contributed by atoms with E-state index in [1.54, 1.807) is 18.2 Å². The predicted molar refractivity (Wildman–Crippen MR) is 69.3 cm³/mol. The monoisotopic (exact) mass is 265 g/mol. The third kappa shape index (κ3) is 2.46. The SMILES string of the molecule is COc1ncnc(Oc2ccc(Cl)c(C)c2)c1N. The molecule has 94 valence electrons. The van der Waals surface area contributed by atoms with Crippen molar-refractivity contribution in [3.63, 3.8) is 0 Å². The second-order valence-electron chi connectivity index (χ2n) is 3.61. The molecule has 0 amide bonds. The van der Waals surface area contributed by atoms with Gasteiger partial charge in [0.1, 0.15) is 12.1 Å². The molecule has 1 heterocycles. The molecule has 0 aliphatic carbocycles. The first-order chi connectivity index (χ1) is 8.61. The van der Waals surface area contributed by atoms with Crippen LogP contribution in [0.4, 0.5) is 5.69 Å². The van der Waals surface area contributed by atoms with Gasteiger partial charge in [-0.3, -0.25) is 0 Å². The van der Waals surface area contributed by atoms with Crippen LogP contribution in [0.1, 0.15) is 5.56 Å². The third-order valence-corrected chi connectivity index (χ3v) is 2.77. The Kier molecular flexibility index (Phi) is 3.53. The van der Waals surface area contributed by atoms with Crippen molar-refractivity contribution >= 4 is 17.3 Å². The maximum Gasteiger partial charge on any atom is 0.249 e. The zero-order valence-corrected chi connectivity index (χ0v) is 10.7. The van der Waals surface area contributed by atoms with E-state index in [4.69, 9.17) is 26.8 Å². The van der Waals surface area contributed by atoms with Gasteiger partial charge in [-0.05, 0) is 30.7 Å². The molecule has 0 bridgehead atoms. The van der Waals surface area contributed by atoms with Crippen molar-refractivity contribution in [1.82, 2.24) is 9.97 Å². The number of methoxy groups -OCH3 is 1. The summed E-state index contributed by atoms with van der Waals surface area (Å²) < 4.78 is 10.6. The van der Waals surface area contributed by atoms with Crippen molar-refractivity contribution in [3.05, 3.63) is 35.1 Å². The number of ether oxygens (including phenoxy) is 2. The Labute approximate surface area is 110 Å². The van der Waals surface area contributed by atoms with E-state index in [0.717, 1.165) is 5.56 Å². The van der Waals surface area contributed by atoms with Crippen LogP contribution in [-0.4, -0.2) is 17.1 Å². The van der Waals surface area contributed by atoms with Crippen molar-refractivity contribution < 1.29 is 9.47 Å². The molecule has 6 heteroatoms. The molecule has 0 aliphatic heterocycles. The molecule has 2 rings (SSSR count). The molecule has 5 nitrogen and oxygen atoms in total. The Hall–Kier alpha value is -2.01. The molecule has 0 saturated carbocycles. The Morgan fingerprint density at radius 1 is 1.22 bits per heavy atom. The highest BCUT2D eigenvalue weighted by molar-refractivity contribution is 6.31. The highest BCUT2D eigenvalue weighted by atomic mass is 35.5. The van der Waals surface area contributed by atoms with Gasteiger partial charge in [0.2, 0.25) is 11.8 Å². The van der Waals surface area contributed by atoms with E-state index in [0.29, 0.717) is 10.8 Å². The van der Waals surface area contributed by atoms with Crippen LogP contribution < -0.4 is 15.2 Å². The van der Waals surface area contributed by atoms with Crippen LogP contribution in [0.25, 0.3) is 0 Å². The molecule has 18 heavy (non-hydrogen) atoms. The lowest BCUT2D eigenvalue weighted by Crippen LogP contribution is -2.00. The van der Waals surface area contributed by atoms with E-state index in [1.807, 2.05) is 6.92 Å². The van der Waals surface area contributed by atoms with Gasteiger partial charge in [-0.15, -0.1) is 0 Å². The number of benzene rings is 1. The zero-order chi connectivity index (χ0) is 13.1. The summed E-state index contributed by atoms with van der Waals surface area (Å²) in [6, 6.07) is 5.29. The number of aryl methyl sites for hydroxylation is 1. The van der Waals surface area contributed by atoms with E-state index in [1.165, 1.54) is 13.4 Å². The number of hydrogen-bond acceptors (Lipinski definition) is 5. The summed E-state index contributed by atoms with van der Waals surface area (Å²) in [5.74, 6) is 1.14. The van der Waals surface area contributed by atoms with Gasteiger partial charge in [0.05, 0.1) is 7.11 Å². The fraction of sp³-hybridized carbons (Fsp3) is 0.167. The van der Waals surface area contributed by atoms with Gasteiger partial charge >= 0.3 is 0 Å². The van der Waals surface area contributed by atoms with E-state index < -0.39 is 0 Å². The standard InChI is InChI=1S/C12H12ClN3O2/c1-7-5-8(3-4-9(7)13)18-12-10(14)11(17-2)15-6-16-12/h3-6H,14H2,1-2H3. The van der Waals surface area contributed by atoms with E-state index in [2.05, 4.69) is 9.97 Å². The highest BCUT2D eigenvalue weighted by Crippen LogP contribution is 2.31. The quantitative estimate of drug-likeness (QED) is 0.924. The molecule has 0 spiro atoms. The van der Waals surface area contributed by atoms with Crippen LogP contribution in [0.5, 0.6) is 17.5 Å². The summed E-state index contributed by atoms with van der Waals surface area (Å²) in [6.45, 7) is 1.89. The fourth-order valence-corrected chi connectivity index (χ4v) is 1.52. The molecule has 0 saturated heterocycles. The molecular formula is C12H12ClN3O2. The van der Waals surface area contributed by atoms with Crippen molar-refractivity contribution in [1.29, 1.82) is 0 Å². The lowest BCUT2D eigenvalue weighted by atomic mass is 10.2. The highest BCUT2D eigenvalue weighted by Gasteiger charge is 2.10. The fourth-order valence-electron chi connectivity index (χ4n) is 1.40. The number of nitrogens with two attached hydrogens (primary N) is 1. The number of hydrogen-bond donors (Lipinski definition) is 1. The molecule has 0 unspecified atom stereocenters. The van der Waals surface area contributed by atoms with Crippen LogP contribution in [0, 0.1) is 6.92 Å². The van der Waals surface area contributed by atoms with Crippen LogP contribution >= 0.6 is 11.6 Å². The second-order valence-corrected chi connectivity index (χ2v) is 4.02. The van der Waals surface area contributed by atoms with Crippen LogP contribution in [0.2, 0.25) is 5.02 Å². The van der Waals surface area contributed by atoms with Crippen LogP contribution in [0.3, 0.4) is 0 Å². The van der Waals surface area contributed by atoms with Crippen molar-refractivity contribution in [2.24, 2.45) is 0 Å². The molecule has 0 fully saturated rings. The first kappa shape index (κ1) is 12.4. The minimum Gasteiger partial charge on any atom is -0.479 e. The van der Waals surface area contributed by atoms with E-state index >= 15 is 0 Å². The Morgan fingerprint density at radius 3 is 2.61 bits per heavy atom. The summed E-state index contributed by atoms with van der Waals surface area (Å²) in [5.41, 5.74) is 6.98. The normalized spacial score (nSPS) is 10.2. The molecule has 1 aromatic carbocycles. The lowest BCUT2D eigenvalue weighted by molar-refractivity contribution is 0.391. The topological polar surface area (TPSA) is 70.3 Å². The van der Waals surface area contributed by atoms with E-state index in [-0.39, 0.29) is 17.4 Å². The molecule has 0 radical (unpaired) electrons. The summed E-state index contributed by atoms with van der Waals surface area (Å²) in [5, 5.41) is 0.676. The molecule has 2 N–H and O–H groups in total. The molecule has 1 aromatic heterocycles. The molecular weight excluding hydrogens is 254 g/mol. The van der Waals surface area contributed by atoms with E-state index in [9.17, 15) is 0 Å². The Balaban J connectivity index is 2.31. The molecule has 2 aromatic rings. The largest absolute Gasteiger partial charge is 0.479 e. The number of nitrogens with zero attached hydrogens (tertiary/aromatic N) is 2. The van der Waals surface area contributed by atoms with Gasteiger partial charge < -0.3 is 15.2 Å². The van der Waals surface area contributed by atoms with Gasteiger partial charge in [0, 0.05) is 5.02 Å². The summed E-state index contributed by atoms with van der Waals surface area (Å²) >= 11 is 5.94. The molecule has 0 aliphatic rings. The number of aromatic nitrogens is 2. The molecule has 0 atom stereocenters. The maximum absolute atomic E-state index is 5.94. The first-order valence-corrected chi connectivity index (χ1v) is 5.58. The van der Waals surface area contributed by atoms with Crippen molar-refractivity contribution in [2.45, 2.75) is 6.92 Å². The maximum atomic E-state index is 5.94. The summed E-state index contributed by atoms with van der Waals surface area (Å²) in [4.78, 5) is 7.83. The number of rotatable bonds is 3. The summed E-state index contributed by atoms with van der Waals surface area (Å²) in [6.07, 6.45) is 1.33. The average Bonchev–Trinajstić information content (AvgIpc) is 2.36. The number of nitrogen functional groups attached to an aromatic ring is 1. The zero-order valence-electron chi connectivity index (χ0n) is 9.98. The average molecular weight is 266 g/mol. The van der Waals surface area contributed by atoms with Gasteiger partial charge in [0.25, 0.3) is 0 Å². The van der Waals surface area contributed by atoms with Gasteiger partial charge in [0.15, 0.2) is 5.69 Å². The minimum atomic E-state index is 0.253. The van der Waals surface area contributed by atoms with Crippen molar-refractivity contribution in [2.75, 3.05) is 12.8 Å². The lowest BCUT2D eigenvalue weighted by Gasteiger charge is -2.09. The van der Waals surface area contributed by atoms with Gasteiger partial charge in [-0.2, -0.15) is 9.97 Å². The Bertz CT molecular complexity index is 575. The summed E-state index contributed by atoms with van der Waals surface area (Å²) in [7, 11) is 1.48. The Morgan fingerprint density at radius 2 is 1.94 bits per heavy atom. The number of anilines is 1. The van der Waals surface area contributed by atoms with Gasteiger partial charge in [-0.25, -0.2) is 0 Å².